The van der Waals surface area contributed by atoms with Gasteiger partial charge in [0, 0.05) is 17.1 Å². The van der Waals surface area contributed by atoms with Gasteiger partial charge in [-0.1, -0.05) is 12.1 Å². The van der Waals surface area contributed by atoms with Gasteiger partial charge in [0.25, 0.3) is 0 Å². The Kier molecular flexibility index (Phi) is 2.22. The van der Waals surface area contributed by atoms with Gasteiger partial charge in [-0.2, -0.15) is 0 Å². The summed E-state index contributed by atoms with van der Waals surface area (Å²) in [5, 5.41) is 13.7. The highest BCUT2D eigenvalue weighted by Gasteiger charge is 2.54. The van der Waals surface area contributed by atoms with Crippen LogP contribution >= 0.6 is 0 Å². The first-order valence-electron chi connectivity index (χ1n) is 6.00. The summed E-state index contributed by atoms with van der Waals surface area (Å²) < 4.78 is 13.8. The minimum Gasteiger partial charge on any atom is -0.396 e. The average molecular weight is 236 g/mol. The molecule has 4 heteroatoms. The molecule has 0 amide bonds. The first-order chi connectivity index (χ1) is 8.00. The van der Waals surface area contributed by atoms with Crippen LogP contribution in [-0.2, 0) is 0 Å². The van der Waals surface area contributed by atoms with Crippen LogP contribution in [0.5, 0.6) is 0 Å². The summed E-state index contributed by atoms with van der Waals surface area (Å²) in [5.74, 6) is -0.0353. The Bertz CT molecular complexity index is 457. The zero-order chi connectivity index (χ0) is 12.2. The summed E-state index contributed by atoms with van der Waals surface area (Å²) in [6.45, 7) is 2.14. The van der Waals surface area contributed by atoms with E-state index in [2.05, 4.69) is 12.2 Å². The molecule has 0 aromatic heterocycles. The van der Waals surface area contributed by atoms with E-state index in [9.17, 15) is 9.50 Å². The van der Waals surface area contributed by atoms with Gasteiger partial charge >= 0.3 is 0 Å². The largest absolute Gasteiger partial charge is 0.396 e. The molecule has 2 bridgehead atoms. The number of aliphatic hydroxyl groups is 1. The zero-order valence-corrected chi connectivity index (χ0v) is 9.78. The first kappa shape index (κ1) is 11.0. The van der Waals surface area contributed by atoms with Crippen LogP contribution in [0.2, 0.25) is 0 Å². The number of fused-ring (bicyclic) bond motifs is 1. The Labute approximate surface area is 99.8 Å². The van der Waals surface area contributed by atoms with Crippen LogP contribution < -0.4 is 11.1 Å². The Balaban J connectivity index is 1.87. The van der Waals surface area contributed by atoms with Gasteiger partial charge in [0.1, 0.15) is 0 Å². The number of halogens is 1. The predicted octanol–water partition coefficient (Wildman–Crippen LogP) is 1.58. The molecule has 1 saturated carbocycles. The maximum atomic E-state index is 13.8. The molecule has 2 aliphatic heterocycles. The van der Waals surface area contributed by atoms with Crippen molar-refractivity contribution in [2.45, 2.75) is 37.5 Å². The SMILES string of the molecule is CC12CC(C1)C([C@H](O)c1cccc(N)c1F)N2. The molecule has 17 heavy (non-hydrogen) atoms. The zero-order valence-electron chi connectivity index (χ0n) is 9.78. The van der Waals surface area contributed by atoms with Gasteiger partial charge in [0.2, 0.25) is 0 Å². The van der Waals surface area contributed by atoms with Crippen molar-refractivity contribution in [1.29, 1.82) is 0 Å². The number of rotatable bonds is 2. The van der Waals surface area contributed by atoms with Gasteiger partial charge in [-0.15, -0.1) is 0 Å². The van der Waals surface area contributed by atoms with Crippen molar-refractivity contribution in [3.63, 3.8) is 0 Å². The molecule has 3 fully saturated rings. The number of nitrogen functional groups attached to an aromatic ring is 1. The van der Waals surface area contributed by atoms with Crippen molar-refractivity contribution in [2.24, 2.45) is 5.92 Å². The molecule has 2 heterocycles. The van der Waals surface area contributed by atoms with E-state index in [1.807, 2.05) is 0 Å². The van der Waals surface area contributed by atoms with E-state index in [4.69, 9.17) is 5.73 Å². The molecule has 92 valence electrons. The lowest BCUT2D eigenvalue weighted by Crippen LogP contribution is -2.40. The number of nitrogens with one attached hydrogen (secondary N) is 1. The van der Waals surface area contributed by atoms with Crippen LogP contribution in [0.25, 0.3) is 0 Å². The van der Waals surface area contributed by atoms with Gasteiger partial charge in [-0.05, 0) is 31.7 Å². The molecule has 4 N–H and O–H groups in total. The highest BCUT2D eigenvalue weighted by molar-refractivity contribution is 5.44. The summed E-state index contributed by atoms with van der Waals surface area (Å²) >= 11 is 0. The van der Waals surface area contributed by atoms with Gasteiger partial charge < -0.3 is 16.2 Å². The first-order valence-corrected chi connectivity index (χ1v) is 6.00. The van der Waals surface area contributed by atoms with Crippen molar-refractivity contribution < 1.29 is 9.50 Å². The van der Waals surface area contributed by atoms with E-state index in [-0.39, 0.29) is 17.3 Å². The lowest BCUT2D eigenvalue weighted by molar-refractivity contribution is 0.118. The topological polar surface area (TPSA) is 58.3 Å². The minimum atomic E-state index is -0.812. The molecule has 0 spiro atoms. The molecule has 1 unspecified atom stereocenters. The number of hydrogen-bond acceptors (Lipinski definition) is 3. The van der Waals surface area contributed by atoms with E-state index in [1.165, 1.54) is 6.07 Å². The molecule has 1 aliphatic carbocycles. The second kappa shape index (κ2) is 3.43. The fourth-order valence-corrected chi connectivity index (χ4v) is 3.32. The lowest BCUT2D eigenvalue weighted by atomic mass is 9.72. The third-order valence-corrected chi connectivity index (χ3v) is 4.17. The van der Waals surface area contributed by atoms with Gasteiger partial charge in [0.15, 0.2) is 5.82 Å². The quantitative estimate of drug-likeness (QED) is 0.683. The van der Waals surface area contributed by atoms with E-state index >= 15 is 0 Å². The predicted molar refractivity (Wildman–Crippen MR) is 63.8 cm³/mol. The van der Waals surface area contributed by atoms with Crippen molar-refractivity contribution in [1.82, 2.24) is 5.32 Å². The molecule has 0 radical (unpaired) electrons. The van der Waals surface area contributed by atoms with Crippen molar-refractivity contribution >= 4 is 5.69 Å². The fourth-order valence-electron chi connectivity index (χ4n) is 3.32. The number of anilines is 1. The van der Waals surface area contributed by atoms with E-state index < -0.39 is 11.9 Å². The second-order valence-corrected chi connectivity index (χ2v) is 5.59. The van der Waals surface area contributed by atoms with Gasteiger partial charge in [-0.25, -0.2) is 4.39 Å². The van der Waals surface area contributed by atoms with Crippen LogP contribution in [0.1, 0.15) is 31.4 Å². The third-order valence-electron chi connectivity index (χ3n) is 4.17. The lowest BCUT2D eigenvalue weighted by Gasteiger charge is -2.33. The number of aliphatic hydroxyl groups excluding tert-OH is 1. The number of nitrogens with two attached hydrogens (primary N) is 1. The smallest absolute Gasteiger partial charge is 0.151 e. The Morgan fingerprint density at radius 3 is 2.82 bits per heavy atom. The minimum absolute atomic E-state index is 0.0451. The summed E-state index contributed by atoms with van der Waals surface area (Å²) in [7, 11) is 0. The van der Waals surface area contributed by atoms with Crippen LogP contribution in [0.4, 0.5) is 10.1 Å². The molecule has 2 saturated heterocycles. The Morgan fingerprint density at radius 1 is 1.53 bits per heavy atom. The number of benzene rings is 1. The summed E-state index contributed by atoms with van der Waals surface area (Å²) in [6.07, 6.45) is 1.32. The second-order valence-electron chi connectivity index (χ2n) is 5.59. The Hall–Kier alpha value is -1.13. The summed E-state index contributed by atoms with van der Waals surface area (Å²) in [6, 6.07) is 4.75. The van der Waals surface area contributed by atoms with Gasteiger partial charge in [0.05, 0.1) is 11.8 Å². The van der Waals surface area contributed by atoms with Crippen LogP contribution in [0.15, 0.2) is 18.2 Å². The molecule has 1 aromatic rings. The summed E-state index contributed by atoms with van der Waals surface area (Å²) in [4.78, 5) is 0. The fraction of sp³-hybridized carbons (Fsp3) is 0.538. The summed E-state index contributed by atoms with van der Waals surface area (Å²) in [5.41, 5.74) is 6.07. The average Bonchev–Trinajstić information content (AvgIpc) is 2.74. The highest BCUT2D eigenvalue weighted by atomic mass is 19.1. The number of hydrogen-bond donors (Lipinski definition) is 3. The van der Waals surface area contributed by atoms with E-state index in [0.29, 0.717) is 11.5 Å². The third kappa shape index (κ3) is 1.55. The normalized spacial score (nSPS) is 36.6. The van der Waals surface area contributed by atoms with Crippen molar-refractivity contribution in [3.05, 3.63) is 29.6 Å². The van der Waals surface area contributed by atoms with Gasteiger partial charge in [-0.3, -0.25) is 0 Å². The molecular weight excluding hydrogens is 219 g/mol. The monoisotopic (exact) mass is 236 g/mol. The molecule has 4 rings (SSSR count). The standard InChI is InChI=1S/C13H17FN2O/c1-13-5-7(6-13)11(16-13)12(17)8-3-2-4-9(15)10(8)14/h2-4,7,11-12,16-17H,5-6,15H2,1H3/t7?,11?,12-,13?/m1/s1. The Morgan fingerprint density at radius 2 is 2.24 bits per heavy atom. The molecular formula is C13H17FN2O. The van der Waals surface area contributed by atoms with Crippen LogP contribution in [0.3, 0.4) is 0 Å². The van der Waals surface area contributed by atoms with E-state index in [1.54, 1.807) is 12.1 Å². The van der Waals surface area contributed by atoms with Crippen LogP contribution in [-0.4, -0.2) is 16.7 Å². The molecule has 1 aromatic carbocycles. The van der Waals surface area contributed by atoms with E-state index in [0.717, 1.165) is 12.8 Å². The van der Waals surface area contributed by atoms with Crippen LogP contribution in [0, 0.1) is 11.7 Å². The highest BCUT2D eigenvalue weighted by Crippen LogP contribution is 2.50. The maximum Gasteiger partial charge on any atom is 0.151 e. The molecule has 3 nitrogen and oxygen atoms in total. The molecule has 2 atom stereocenters. The van der Waals surface area contributed by atoms with Crippen molar-refractivity contribution in [3.8, 4) is 0 Å². The maximum absolute atomic E-state index is 13.8. The molecule has 3 aliphatic rings. The van der Waals surface area contributed by atoms with Crippen molar-refractivity contribution in [2.75, 3.05) is 5.73 Å².